The summed E-state index contributed by atoms with van der Waals surface area (Å²) in [5, 5.41) is 49.0. The van der Waals surface area contributed by atoms with Crippen LogP contribution in [0.5, 0.6) is 11.5 Å². The molecule has 0 bridgehead atoms. The number of carbonyl (C=O) groups is 5. The van der Waals surface area contributed by atoms with E-state index in [2.05, 4.69) is 20.8 Å². The zero-order valence-electron chi connectivity index (χ0n) is 27.5. The van der Waals surface area contributed by atoms with E-state index in [1.807, 2.05) is 0 Å². The lowest BCUT2D eigenvalue weighted by Gasteiger charge is -2.50. The lowest BCUT2D eigenvalue weighted by atomic mass is 9.89. The second kappa shape index (κ2) is 14.9. The van der Waals surface area contributed by atoms with Gasteiger partial charge in [-0.1, -0.05) is 16.8 Å². The first-order chi connectivity index (χ1) is 24.0. The van der Waals surface area contributed by atoms with Crippen LogP contribution in [0.25, 0.3) is 0 Å². The van der Waals surface area contributed by atoms with Gasteiger partial charge in [0.05, 0.1) is 43.2 Å². The van der Waals surface area contributed by atoms with Gasteiger partial charge in [0.15, 0.2) is 28.1 Å². The summed E-state index contributed by atoms with van der Waals surface area (Å²) in [5.74, 6) is -5.31. The van der Waals surface area contributed by atoms with Crippen molar-refractivity contribution in [1.82, 2.24) is 15.2 Å². The number of carboxylic acids is 2. The van der Waals surface area contributed by atoms with E-state index in [1.165, 1.54) is 48.0 Å². The predicted molar refractivity (Wildman–Crippen MR) is 187 cm³/mol. The maximum Gasteiger partial charge on any atom is 0.352 e. The number of thioether (sulfide) groups is 1. The third kappa shape index (κ3) is 8.00. The molecule has 3 aliphatic rings. The van der Waals surface area contributed by atoms with Gasteiger partial charge >= 0.3 is 18.0 Å². The van der Waals surface area contributed by atoms with Crippen molar-refractivity contribution in [1.29, 1.82) is 0 Å². The fourth-order valence-corrected chi connectivity index (χ4v) is 8.33. The number of oxime groups is 1. The number of likely N-dealkylation sites (tertiary alicyclic amines) is 1. The number of β-lactam (4-membered cyclic amide) rings is 1. The highest BCUT2D eigenvalue weighted by atomic mass is 35.5. The van der Waals surface area contributed by atoms with Crippen molar-refractivity contribution in [2.75, 3.05) is 49.5 Å². The minimum atomic E-state index is -1.77. The van der Waals surface area contributed by atoms with E-state index in [4.69, 9.17) is 22.2 Å². The van der Waals surface area contributed by atoms with Crippen LogP contribution in [-0.4, -0.2) is 120 Å². The third-order valence-electron chi connectivity index (χ3n) is 8.93. The molecule has 3 amide bonds. The van der Waals surface area contributed by atoms with Crippen LogP contribution >= 0.6 is 34.7 Å². The smallest absolute Gasteiger partial charge is 0.352 e. The molecular formula is C31H37ClN7O10S2+. The quantitative estimate of drug-likeness (QED) is 0.0365. The van der Waals surface area contributed by atoms with Gasteiger partial charge in [0.25, 0.3) is 0 Å². The van der Waals surface area contributed by atoms with Gasteiger partial charge < -0.3 is 46.1 Å². The summed E-state index contributed by atoms with van der Waals surface area (Å²) < 4.78 is 0.492. The van der Waals surface area contributed by atoms with Crippen LogP contribution in [0.15, 0.2) is 33.9 Å². The number of rotatable bonds is 14. The lowest BCUT2D eigenvalue weighted by Crippen LogP contribution is -2.63. The summed E-state index contributed by atoms with van der Waals surface area (Å²) in [4.78, 5) is 74.3. The molecule has 2 atom stereocenters. The third-order valence-corrected chi connectivity index (χ3v) is 11.4. The largest absolute Gasteiger partial charge is 0.504 e. The van der Waals surface area contributed by atoms with E-state index in [1.54, 1.807) is 0 Å². The number of halogens is 1. The number of nitrogens with zero attached hydrogens (tertiary/aromatic N) is 4. The Morgan fingerprint density at radius 3 is 2.53 bits per heavy atom. The Balaban J connectivity index is 1.27. The van der Waals surface area contributed by atoms with Crippen molar-refractivity contribution in [3.05, 3.63) is 39.5 Å². The molecule has 0 spiro atoms. The number of nitrogens with one attached hydrogen (secondary N) is 2. The summed E-state index contributed by atoms with van der Waals surface area (Å²) in [6.07, 6.45) is 1.45. The zero-order chi connectivity index (χ0) is 37.2. The number of thiazole rings is 1. The monoisotopic (exact) mass is 766 g/mol. The van der Waals surface area contributed by atoms with Crippen LogP contribution in [0.4, 0.5) is 15.6 Å². The Labute approximate surface area is 304 Å². The number of Topliss-reactive ketones (excluding diaryl/α,β-unsaturated/α-hetero) is 1. The summed E-state index contributed by atoms with van der Waals surface area (Å²) in [6.45, 7) is 5.03. The average Bonchev–Trinajstić information content (AvgIpc) is 3.72. The number of nitrogens with two attached hydrogens (primary N) is 1. The number of carboxylic acid groups (broad SMARTS) is 2. The highest BCUT2D eigenvalue weighted by molar-refractivity contribution is 8.00. The summed E-state index contributed by atoms with van der Waals surface area (Å²) >= 11 is 8.40. The fourth-order valence-electron chi connectivity index (χ4n) is 6.17. The molecule has 5 rings (SSSR count). The molecule has 2 aromatic rings. The van der Waals surface area contributed by atoms with Crippen LogP contribution in [0, 0.1) is 5.92 Å². The zero-order valence-corrected chi connectivity index (χ0v) is 29.9. The number of aromatic nitrogens is 1. The van der Waals surface area contributed by atoms with Crippen LogP contribution in [0.3, 0.4) is 0 Å². The average molecular weight is 767 g/mol. The SMILES string of the molecule is CC(C)(O/N=C(\C(=O)C[C@@H]1C(=O)N2C(C(=O)O)=C(C[N+]3(CCNC(=O)Nc4ccc(O)c(O)c4Cl)CCCC3)CS[C@H]12)c1csc(N)n1)C(=O)O. The normalized spacial score (nSPS) is 20.0. The van der Waals surface area contributed by atoms with Gasteiger partial charge in [-0.15, -0.1) is 23.1 Å². The number of phenolic OH excluding ortho intramolecular Hbond substituents is 2. The number of carbonyl (C=O) groups excluding carboxylic acids is 3. The maximum atomic E-state index is 13.5. The van der Waals surface area contributed by atoms with Gasteiger partial charge in [0.1, 0.15) is 23.0 Å². The van der Waals surface area contributed by atoms with Crippen molar-refractivity contribution < 1.29 is 53.7 Å². The molecule has 2 fully saturated rings. The number of hydrogen-bond donors (Lipinski definition) is 7. The Morgan fingerprint density at radius 1 is 1.20 bits per heavy atom. The summed E-state index contributed by atoms with van der Waals surface area (Å²) in [5.41, 5.74) is 4.30. The van der Waals surface area contributed by atoms with E-state index < -0.39 is 58.1 Å². The van der Waals surface area contributed by atoms with Gasteiger partial charge in [-0.25, -0.2) is 19.4 Å². The number of aromatic hydroxyl groups is 2. The van der Waals surface area contributed by atoms with Gasteiger partial charge in [0, 0.05) is 36.0 Å². The van der Waals surface area contributed by atoms with E-state index in [-0.39, 0.29) is 45.9 Å². The second-order valence-corrected chi connectivity index (χ2v) is 15.2. The molecule has 0 aliphatic carbocycles. The molecule has 0 radical (unpaired) electrons. The summed E-state index contributed by atoms with van der Waals surface area (Å²) in [7, 11) is 0. The number of fused-ring (bicyclic) bond motifs is 1. The highest BCUT2D eigenvalue weighted by Crippen LogP contribution is 2.46. The number of benzene rings is 1. The van der Waals surface area contributed by atoms with E-state index >= 15 is 0 Å². The number of anilines is 2. The van der Waals surface area contributed by atoms with Crippen LogP contribution in [-0.2, 0) is 24.0 Å². The van der Waals surface area contributed by atoms with Crippen molar-refractivity contribution in [3.63, 3.8) is 0 Å². The van der Waals surface area contributed by atoms with Crippen molar-refractivity contribution in [2.24, 2.45) is 11.1 Å². The number of urea groups is 1. The fraction of sp³-hybridized carbons (Fsp3) is 0.452. The van der Waals surface area contributed by atoms with Gasteiger partial charge in [-0.05, 0) is 26.0 Å². The van der Waals surface area contributed by atoms with Crippen LogP contribution < -0.4 is 16.4 Å². The molecule has 3 aliphatic heterocycles. The minimum Gasteiger partial charge on any atom is -0.504 e. The van der Waals surface area contributed by atoms with Crippen LogP contribution in [0.1, 0.15) is 38.8 Å². The maximum absolute atomic E-state index is 13.5. The lowest BCUT2D eigenvalue weighted by molar-refractivity contribution is -0.911. The molecule has 51 heavy (non-hydrogen) atoms. The molecular weight excluding hydrogens is 730 g/mol. The van der Waals surface area contributed by atoms with Gasteiger partial charge in [-0.2, -0.15) is 0 Å². The second-order valence-electron chi connectivity index (χ2n) is 12.9. The number of nitrogen functional groups attached to an aromatic ring is 1. The predicted octanol–water partition coefficient (Wildman–Crippen LogP) is 2.64. The Hall–Kier alpha value is -4.59. The van der Waals surface area contributed by atoms with Crippen molar-refractivity contribution in [3.8, 4) is 11.5 Å². The van der Waals surface area contributed by atoms with E-state index in [0.29, 0.717) is 28.9 Å². The molecule has 1 aromatic heterocycles. The standard InChI is InChI=1S/C31H36ClN7O10S2/c1-31(2,28(46)47)49-37-22(18-14-51-29(33)35-18)20(41)11-16-25(43)38-23(27(44)45)15(13-50-26(16)38)12-39(8-3-4-9-39)10-7-34-30(48)36-17-5-6-19(40)24(42)21(17)32/h5-6,14,16,26H,3-4,7-13H2,1-2H3,(H7-,33,34,35,36,37,40,41,42,44,45,46,47,48)/p+1/t16-,26-/m1/s1. The Bertz CT molecular complexity index is 1820. The first-order valence-corrected chi connectivity index (χ1v) is 18.1. The Morgan fingerprint density at radius 2 is 1.90 bits per heavy atom. The topological polar surface area (TPSA) is 254 Å². The van der Waals surface area contributed by atoms with Crippen molar-refractivity contribution >= 4 is 80.9 Å². The molecule has 20 heteroatoms. The van der Waals surface area contributed by atoms with Gasteiger partial charge in [-0.3, -0.25) is 14.5 Å². The summed E-state index contributed by atoms with van der Waals surface area (Å²) in [6, 6.07) is 1.95. The molecule has 8 N–H and O–H groups in total. The number of aliphatic carboxylic acids is 2. The minimum absolute atomic E-state index is 0.0621. The first-order valence-electron chi connectivity index (χ1n) is 15.8. The molecule has 4 heterocycles. The van der Waals surface area contributed by atoms with E-state index in [0.717, 1.165) is 37.3 Å². The van der Waals surface area contributed by atoms with E-state index in [9.17, 15) is 44.4 Å². The molecule has 274 valence electrons. The molecule has 17 nitrogen and oxygen atoms in total. The number of quaternary nitrogens is 1. The molecule has 0 saturated carbocycles. The molecule has 1 aromatic carbocycles. The first kappa shape index (κ1) is 37.7. The number of phenols is 2. The molecule has 2 saturated heterocycles. The Kier molecular flexibility index (Phi) is 11.0. The van der Waals surface area contributed by atoms with Crippen molar-refractivity contribution in [2.45, 2.75) is 44.1 Å². The highest BCUT2D eigenvalue weighted by Gasteiger charge is 2.55. The number of amides is 3. The van der Waals surface area contributed by atoms with Gasteiger partial charge in [0.2, 0.25) is 11.5 Å². The number of hydrogen-bond acceptors (Lipinski definition) is 13. The molecule has 0 unspecified atom stereocenters. The number of ketones is 1. The van der Waals surface area contributed by atoms with Crippen LogP contribution in [0.2, 0.25) is 5.02 Å².